The van der Waals surface area contributed by atoms with E-state index in [1.807, 2.05) is 55.5 Å². The first-order valence-electron chi connectivity index (χ1n) is 9.89. The van der Waals surface area contributed by atoms with Gasteiger partial charge in [0, 0.05) is 5.56 Å². The lowest BCUT2D eigenvalue weighted by Crippen LogP contribution is -1.98. The van der Waals surface area contributed by atoms with Gasteiger partial charge in [-0.15, -0.1) is 0 Å². The fraction of sp³-hybridized carbons (Fsp3) is 0.318. The Bertz CT molecular complexity index is 993. The molecule has 0 bridgehead atoms. The average molecular weight is 411 g/mol. The molecule has 0 aliphatic heterocycles. The zero-order chi connectivity index (χ0) is 20.5. The SMILES string of the molecule is CCCCCOc1ccc(/C=N\n2c(-c3cccc(OCC)c3)n[nH]c2=S)cc1. The maximum atomic E-state index is 5.75. The molecule has 152 valence electrons. The molecule has 3 aromatic rings. The molecule has 0 unspecified atom stereocenters. The van der Waals surface area contributed by atoms with Crippen molar-refractivity contribution in [3.8, 4) is 22.9 Å². The Morgan fingerprint density at radius 2 is 1.90 bits per heavy atom. The molecule has 0 aliphatic carbocycles. The minimum Gasteiger partial charge on any atom is -0.494 e. The van der Waals surface area contributed by atoms with Gasteiger partial charge in [0.1, 0.15) is 11.5 Å². The quantitative estimate of drug-likeness (QED) is 0.274. The Morgan fingerprint density at radius 3 is 2.66 bits per heavy atom. The van der Waals surface area contributed by atoms with Crippen LogP contribution in [0, 0.1) is 4.77 Å². The predicted octanol–water partition coefficient (Wildman–Crippen LogP) is 5.46. The van der Waals surface area contributed by atoms with Crippen LogP contribution in [0.25, 0.3) is 11.4 Å². The summed E-state index contributed by atoms with van der Waals surface area (Å²) in [6.45, 7) is 5.48. The largest absolute Gasteiger partial charge is 0.494 e. The van der Waals surface area contributed by atoms with E-state index in [0.29, 0.717) is 17.2 Å². The standard InChI is InChI=1S/C22H26N4O2S/c1-3-5-6-14-28-19-12-10-17(11-13-19)16-23-26-21(24-25-22(26)29)18-8-7-9-20(15-18)27-4-2/h7-13,15-16H,3-6,14H2,1-2H3,(H,25,29)/b23-16-. The van der Waals surface area contributed by atoms with E-state index in [4.69, 9.17) is 21.7 Å². The summed E-state index contributed by atoms with van der Waals surface area (Å²) in [6.07, 6.45) is 5.20. The van der Waals surface area contributed by atoms with Gasteiger partial charge < -0.3 is 9.47 Å². The first kappa shape index (κ1) is 20.8. The highest BCUT2D eigenvalue weighted by molar-refractivity contribution is 7.71. The molecule has 1 heterocycles. The van der Waals surface area contributed by atoms with Gasteiger partial charge in [-0.2, -0.15) is 14.9 Å². The monoisotopic (exact) mass is 410 g/mol. The van der Waals surface area contributed by atoms with Gasteiger partial charge in [-0.05, 0) is 67.5 Å². The van der Waals surface area contributed by atoms with E-state index < -0.39 is 0 Å². The molecule has 0 fully saturated rings. The van der Waals surface area contributed by atoms with Gasteiger partial charge in [0.25, 0.3) is 0 Å². The Kier molecular flexibility index (Phi) is 7.58. The average Bonchev–Trinajstić information content (AvgIpc) is 3.11. The second-order valence-corrected chi connectivity index (χ2v) is 6.88. The highest BCUT2D eigenvalue weighted by atomic mass is 32.1. The highest BCUT2D eigenvalue weighted by Gasteiger charge is 2.09. The summed E-state index contributed by atoms with van der Waals surface area (Å²) in [5.41, 5.74) is 1.82. The fourth-order valence-corrected chi connectivity index (χ4v) is 2.97. The maximum Gasteiger partial charge on any atom is 0.216 e. The first-order chi connectivity index (χ1) is 14.2. The van der Waals surface area contributed by atoms with E-state index in [-0.39, 0.29) is 0 Å². The number of unbranched alkanes of at least 4 members (excludes halogenated alkanes) is 2. The van der Waals surface area contributed by atoms with E-state index in [1.54, 1.807) is 10.9 Å². The second-order valence-electron chi connectivity index (χ2n) is 6.49. The molecule has 7 heteroatoms. The zero-order valence-corrected chi connectivity index (χ0v) is 17.6. The molecule has 0 spiro atoms. The van der Waals surface area contributed by atoms with Gasteiger partial charge in [0.2, 0.25) is 4.77 Å². The van der Waals surface area contributed by atoms with Crippen LogP contribution in [-0.4, -0.2) is 34.3 Å². The van der Waals surface area contributed by atoms with E-state index in [0.717, 1.165) is 35.7 Å². The van der Waals surface area contributed by atoms with E-state index in [2.05, 4.69) is 22.2 Å². The minimum atomic E-state index is 0.425. The van der Waals surface area contributed by atoms with Gasteiger partial charge in [0.15, 0.2) is 5.82 Å². The van der Waals surface area contributed by atoms with Crippen molar-refractivity contribution in [2.45, 2.75) is 33.1 Å². The molecule has 0 amide bonds. The number of hydrogen-bond acceptors (Lipinski definition) is 5. The molecule has 0 saturated heterocycles. The molecule has 1 aromatic heterocycles. The van der Waals surface area contributed by atoms with Crippen molar-refractivity contribution in [3.05, 3.63) is 58.9 Å². The summed E-state index contributed by atoms with van der Waals surface area (Å²) in [7, 11) is 0. The number of nitrogens with one attached hydrogen (secondary N) is 1. The molecule has 0 radical (unpaired) electrons. The van der Waals surface area contributed by atoms with Crippen molar-refractivity contribution >= 4 is 18.4 Å². The molecule has 29 heavy (non-hydrogen) atoms. The summed E-state index contributed by atoms with van der Waals surface area (Å²) in [5.74, 6) is 2.28. The Morgan fingerprint density at radius 1 is 1.07 bits per heavy atom. The molecule has 3 rings (SSSR count). The van der Waals surface area contributed by atoms with Crippen molar-refractivity contribution in [2.24, 2.45) is 5.10 Å². The first-order valence-corrected chi connectivity index (χ1v) is 10.3. The number of aromatic nitrogens is 3. The van der Waals surface area contributed by atoms with Crippen LogP contribution in [0.1, 0.15) is 38.7 Å². The lowest BCUT2D eigenvalue weighted by atomic mass is 10.2. The number of benzene rings is 2. The Hall–Kier alpha value is -2.93. The molecular weight excluding hydrogens is 384 g/mol. The highest BCUT2D eigenvalue weighted by Crippen LogP contribution is 2.22. The van der Waals surface area contributed by atoms with Crippen molar-refractivity contribution in [2.75, 3.05) is 13.2 Å². The van der Waals surface area contributed by atoms with Crippen molar-refractivity contribution in [1.82, 2.24) is 14.9 Å². The molecule has 2 aromatic carbocycles. The zero-order valence-electron chi connectivity index (χ0n) is 16.8. The summed E-state index contributed by atoms with van der Waals surface area (Å²) in [5, 5.41) is 11.6. The van der Waals surface area contributed by atoms with Crippen LogP contribution < -0.4 is 9.47 Å². The molecule has 0 saturated carbocycles. The summed E-state index contributed by atoms with van der Waals surface area (Å²) < 4.78 is 13.4. The normalized spacial score (nSPS) is 11.1. The predicted molar refractivity (Wildman–Crippen MR) is 118 cm³/mol. The van der Waals surface area contributed by atoms with Crippen LogP contribution in [-0.2, 0) is 0 Å². The van der Waals surface area contributed by atoms with Crippen LogP contribution in [0.15, 0.2) is 53.6 Å². The van der Waals surface area contributed by atoms with E-state index >= 15 is 0 Å². The summed E-state index contributed by atoms with van der Waals surface area (Å²) >= 11 is 5.34. The third-order valence-corrected chi connectivity index (χ3v) is 4.54. The third kappa shape index (κ3) is 5.77. The maximum absolute atomic E-state index is 5.75. The molecular formula is C22H26N4O2S. The lowest BCUT2D eigenvalue weighted by molar-refractivity contribution is 0.306. The summed E-state index contributed by atoms with van der Waals surface area (Å²) in [4.78, 5) is 0. The van der Waals surface area contributed by atoms with Crippen LogP contribution in [0.2, 0.25) is 0 Å². The number of H-pyrrole nitrogens is 1. The van der Waals surface area contributed by atoms with Crippen LogP contribution in [0.4, 0.5) is 0 Å². The lowest BCUT2D eigenvalue weighted by Gasteiger charge is -2.06. The molecule has 6 nitrogen and oxygen atoms in total. The number of nitrogens with zero attached hydrogens (tertiary/aromatic N) is 3. The number of aromatic amines is 1. The van der Waals surface area contributed by atoms with Gasteiger partial charge in [0.05, 0.1) is 19.4 Å². The van der Waals surface area contributed by atoms with Crippen molar-refractivity contribution in [3.63, 3.8) is 0 Å². The topological polar surface area (TPSA) is 64.4 Å². The Labute approximate surface area is 176 Å². The van der Waals surface area contributed by atoms with Crippen molar-refractivity contribution < 1.29 is 9.47 Å². The third-order valence-electron chi connectivity index (χ3n) is 4.27. The van der Waals surface area contributed by atoms with E-state index in [9.17, 15) is 0 Å². The minimum absolute atomic E-state index is 0.425. The smallest absolute Gasteiger partial charge is 0.216 e. The van der Waals surface area contributed by atoms with Crippen LogP contribution in [0.5, 0.6) is 11.5 Å². The van der Waals surface area contributed by atoms with Crippen molar-refractivity contribution in [1.29, 1.82) is 0 Å². The van der Waals surface area contributed by atoms with Gasteiger partial charge in [-0.1, -0.05) is 31.9 Å². The van der Waals surface area contributed by atoms with Gasteiger partial charge >= 0.3 is 0 Å². The number of ether oxygens (including phenoxy) is 2. The van der Waals surface area contributed by atoms with E-state index in [1.165, 1.54) is 12.8 Å². The molecule has 0 atom stereocenters. The second kappa shape index (κ2) is 10.6. The summed E-state index contributed by atoms with van der Waals surface area (Å²) in [6, 6.07) is 15.5. The van der Waals surface area contributed by atoms with Crippen LogP contribution in [0.3, 0.4) is 0 Å². The van der Waals surface area contributed by atoms with Gasteiger partial charge in [-0.3, -0.25) is 0 Å². The molecule has 1 N–H and O–H groups in total. The fourth-order valence-electron chi connectivity index (χ4n) is 2.79. The number of hydrogen-bond donors (Lipinski definition) is 1. The Balaban J connectivity index is 1.74. The molecule has 0 aliphatic rings. The van der Waals surface area contributed by atoms with Gasteiger partial charge in [-0.25, -0.2) is 5.10 Å². The number of rotatable bonds is 10. The van der Waals surface area contributed by atoms with Crippen LogP contribution >= 0.6 is 12.2 Å².